The summed E-state index contributed by atoms with van der Waals surface area (Å²) in [5.74, 6) is 0.00548. The molecule has 3 rings (SSSR count). The van der Waals surface area contributed by atoms with Gasteiger partial charge in [-0.1, -0.05) is 25.5 Å². The van der Waals surface area contributed by atoms with E-state index in [2.05, 4.69) is 17.6 Å². The molecule has 0 aromatic heterocycles. The Morgan fingerprint density at radius 1 is 1.09 bits per heavy atom. The number of urea groups is 1. The predicted octanol–water partition coefficient (Wildman–Crippen LogP) is 5.04. The van der Waals surface area contributed by atoms with Gasteiger partial charge in [-0.15, -0.1) is 0 Å². The highest BCUT2D eigenvalue weighted by molar-refractivity contribution is 6.04. The molecule has 186 valence electrons. The lowest BCUT2D eigenvalue weighted by molar-refractivity contribution is -0.143. The Hall–Kier alpha value is -3.81. The number of rotatable bonds is 9. The molecule has 1 aliphatic rings. The summed E-state index contributed by atoms with van der Waals surface area (Å²) in [6.07, 6.45) is 1.75. The molecule has 0 spiro atoms. The molecule has 8 nitrogen and oxygen atoms in total. The molecule has 0 saturated heterocycles. The lowest BCUT2D eigenvalue weighted by Gasteiger charge is -2.33. The van der Waals surface area contributed by atoms with Gasteiger partial charge < -0.3 is 25.0 Å². The molecule has 0 fully saturated rings. The summed E-state index contributed by atoms with van der Waals surface area (Å²) >= 11 is 0. The van der Waals surface area contributed by atoms with E-state index in [1.165, 1.54) is 4.90 Å². The number of amides is 3. The van der Waals surface area contributed by atoms with Gasteiger partial charge in [0.15, 0.2) is 0 Å². The molecule has 2 aromatic rings. The molecule has 1 heterocycles. The summed E-state index contributed by atoms with van der Waals surface area (Å²) in [4.78, 5) is 39.3. The first-order valence-electron chi connectivity index (χ1n) is 11.8. The smallest absolute Gasteiger partial charge is 0.338 e. The van der Waals surface area contributed by atoms with E-state index in [0.717, 1.165) is 18.6 Å². The van der Waals surface area contributed by atoms with Crippen molar-refractivity contribution in [1.29, 1.82) is 0 Å². The van der Waals surface area contributed by atoms with Gasteiger partial charge in [-0.25, -0.2) is 9.59 Å². The summed E-state index contributed by atoms with van der Waals surface area (Å²) in [5, 5.41) is 5.72. The Kier molecular flexibility index (Phi) is 8.52. The van der Waals surface area contributed by atoms with Gasteiger partial charge in [0.1, 0.15) is 5.75 Å². The van der Waals surface area contributed by atoms with Crippen LogP contribution in [0, 0.1) is 0 Å². The third kappa shape index (κ3) is 6.41. The van der Waals surface area contributed by atoms with Gasteiger partial charge in [-0.3, -0.25) is 4.79 Å². The molecular formula is C27H33N3O5. The minimum absolute atomic E-state index is 0.248. The average Bonchev–Trinajstić information content (AvgIpc) is 2.83. The average molecular weight is 480 g/mol. The lowest BCUT2D eigenvalue weighted by atomic mass is 9.95. The Balaban J connectivity index is 1.73. The quantitative estimate of drug-likeness (QED) is 0.388. The number of ether oxygens (including phenoxy) is 2. The van der Waals surface area contributed by atoms with E-state index in [9.17, 15) is 14.4 Å². The van der Waals surface area contributed by atoms with E-state index in [1.807, 2.05) is 0 Å². The molecular weight excluding hydrogens is 446 g/mol. The number of nitrogens with zero attached hydrogens (tertiary/aromatic N) is 1. The summed E-state index contributed by atoms with van der Waals surface area (Å²) in [6, 6.07) is 13.0. The third-order valence-corrected chi connectivity index (χ3v) is 5.70. The second-order valence-electron chi connectivity index (χ2n) is 8.70. The standard InChI is InChI=1S/C27H33N3O5/c1-6-7-16-34-22-14-10-20(11-15-22)25(31)28-21-12-8-19(9-13-21)24-23(26(32)35-17(2)3)18(4)30(5)27(33)29-24/h8-15,17,24H,6-7,16H2,1-5H3,(H,28,31)(H,29,33). The van der Waals surface area contributed by atoms with Crippen LogP contribution in [0.15, 0.2) is 59.8 Å². The van der Waals surface area contributed by atoms with E-state index in [-0.39, 0.29) is 18.0 Å². The Morgan fingerprint density at radius 3 is 2.34 bits per heavy atom. The van der Waals surface area contributed by atoms with Crippen LogP contribution >= 0.6 is 0 Å². The van der Waals surface area contributed by atoms with Crippen molar-refractivity contribution in [3.63, 3.8) is 0 Å². The zero-order chi connectivity index (χ0) is 25.5. The maximum Gasteiger partial charge on any atom is 0.338 e. The summed E-state index contributed by atoms with van der Waals surface area (Å²) in [7, 11) is 1.60. The maximum atomic E-state index is 12.8. The number of anilines is 1. The molecule has 3 amide bonds. The molecule has 1 unspecified atom stereocenters. The molecule has 8 heteroatoms. The number of carbonyl (C=O) groups excluding carboxylic acids is 3. The van der Waals surface area contributed by atoms with Crippen molar-refractivity contribution in [2.75, 3.05) is 19.0 Å². The topological polar surface area (TPSA) is 97.0 Å². The number of hydrogen-bond acceptors (Lipinski definition) is 5. The van der Waals surface area contributed by atoms with E-state index < -0.39 is 12.0 Å². The maximum absolute atomic E-state index is 12.8. The number of esters is 1. The summed E-state index contributed by atoms with van der Waals surface area (Å²) < 4.78 is 11.1. The van der Waals surface area contributed by atoms with Gasteiger partial charge >= 0.3 is 12.0 Å². The predicted molar refractivity (Wildman–Crippen MR) is 134 cm³/mol. The van der Waals surface area contributed by atoms with Crippen molar-refractivity contribution in [1.82, 2.24) is 10.2 Å². The Bertz CT molecular complexity index is 1090. The van der Waals surface area contributed by atoms with Gasteiger partial charge in [0.05, 0.1) is 24.3 Å². The zero-order valence-corrected chi connectivity index (χ0v) is 20.9. The molecule has 1 aliphatic heterocycles. The summed E-state index contributed by atoms with van der Waals surface area (Å²) in [5.41, 5.74) is 2.71. The van der Waals surface area contributed by atoms with E-state index in [0.29, 0.717) is 34.7 Å². The van der Waals surface area contributed by atoms with Gasteiger partial charge in [0.2, 0.25) is 0 Å². The normalized spacial score (nSPS) is 15.7. The molecule has 1 atom stereocenters. The molecule has 0 saturated carbocycles. The lowest BCUT2D eigenvalue weighted by Crippen LogP contribution is -2.46. The van der Waals surface area contributed by atoms with Crippen LogP contribution in [0.2, 0.25) is 0 Å². The first kappa shape index (κ1) is 25.8. The first-order chi connectivity index (χ1) is 16.7. The molecule has 35 heavy (non-hydrogen) atoms. The fourth-order valence-corrected chi connectivity index (χ4v) is 3.63. The number of benzene rings is 2. The summed E-state index contributed by atoms with van der Waals surface area (Å²) in [6.45, 7) is 8.02. The van der Waals surface area contributed by atoms with E-state index in [4.69, 9.17) is 9.47 Å². The fourth-order valence-electron chi connectivity index (χ4n) is 3.63. The highest BCUT2D eigenvalue weighted by atomic mass is 16.5. The number of unbranched alkanes of at least 4 members (excludes halogenated alkanes) is 1. The van der Waals surface area contributed by atoms with Gasteiger partial charge in [-0.05, 0) is 69.2 Å². The van der Waals surface area contributed by atoms with Crippen LogP contribution in [0.3, 0.4) is 0 Å². The number of allylic oxidation sites excluding steroid dienone is 1. The number of hydrogen-bond donors (Lipinski definition) is 2. The molecule has 2 aromatic carbocycles. The Labute approximate surface area is 206 Å². The van der Waals surface area contributed by atoms with E-state index in [1.54, 1.807) is 76.3 Å². The highest BCUT2D eigenvalue weighted by Gasteiger charge is 2.35. The van der Waals surface area contributed by atoms with Crippen molar-refractivity contribution in [2.45, 2.75) is 52.7 Å². The van der Waals surface area contributed by atoms with Crippen molar-refractivity contribution in [2.24, 2.45) is 0 Å². The van der Waals surface area contributed by atoms with Crippen LogP contribution in [0.25, 0.3) is 0 Å². The van der Waals surface area contributed by atoms with Crippen LogP contribution in [-0.2, 0) is 9.53 Å². The van der Waals surface area contributed by atoms with Crippen LogP contribution in [0.1, 0.15) is 62.5 Å². The largest absolute Gasteiger partial charge is 0.494 e. The Morgan fingerprint density at radius 2 is 1.74 bits per heavy atom. The number of carbonyl (C=O) groups is 3. The van der Waals surface area contributed by atoms with Crippen molar-refractivity contribution in [3.05, 3.63) is 70.9 Å². The first-order valence-corrected chi connectivity index (χ1v) is 11.8. The number of nitrogens with one attached hydrogen (secondary N) is 2. The van der Waals surface area contributed by atoms with Crippen LogP contribution in [-0.4, -0.2) is 42.6 Å². The second-order valence-corrected chi connectivity index (χ2v) is 8.70. The zero-order valence-electron chi connectivity index (χ0n) is 20.9. The van der Waals surface area contributed by atoms with Crippen LogP contribution in [0.5, 0.6) is 5.75 Å². The van der Waals surface area contributed by atoms with Gasteiger partial charge in [-0.2, -0.15) is 0 Å². The van der Waals surface area contributed by atoms with Gasteiger partial charge in [0, 0.05) is 24.0 Å². The minimum Gasteiger partial charge on any atom is -0.494 e. The van der Waals surface area contributed by atoms with Crippen molar-refractivity contribution < 1.29 is 23.9 Å². The second kappa shape index (κ2) is 11.6. The molecule has 0 bridgehead atoms. The minimum atomic E-state index is -0.657. The highest BCUT2D eigenvalue weighted by Crippen LogP contribution is 2.31. The van der Waals surface area contributed by atoms with Crippen molar-refractivity contribution in [3.8, 4) is 5.75 Å². The van der Waals surface area contributed by atoms with E-state index >= 15 is 0 Å². The molecule has 0 aliphatic carbocycles. The molecule has 2 N–H and O–H groups in total. The van der Waals surface area contributed by atoms with Crippen LogP contribution < -0.4 is 15.4 Å². The van der Waals surface area contributed by atoms with Gasteiger partial charge in [0.25, 0.3) is 5.91 Å². The third-order valence-electron chi connectivity index (χ3n) is 5.70. The fraction of sp³-hybridized carbons (Fsp3) is 0.370. The monoisotopic (exact) mass is 479 g/mol. The van der Waals surface area contributed by atoms with Crippen molar-refractivity contribution >= 4 is 23.6 Å². The molecule has 0 radical (unpaired) electrons. The van der Waals surface area contributed by atoms with Crippen LogP contribution in [0.4, 0.5) is 10.5 Å². The SMILES string of the molecule is CCCCOc1ccc(C(=O)Nc2ccc(C3NC(=O)N(C)C(C)=C3C(=O)OC(C)C)cc2)cc1.